The number of aromatic nitrogens is 4. The Morgan fingerprint density at radius 1 is 1.31 bits per heavy atom. The first kappa shape index (κ1) is 21.2. The molecule has 0 amide bonds. The van der Waals surface area contributed by atoms with Gasteiger partial charge in [-0.1, -0.05) is 43.3 Å². The van der Waals surface area contributed by atoms with E-state index in [4.69, 9.17) is 9.84 Å². The predicted octanol–water partition coefficient (Wildman–Crippen LogP) is 3.68. The van der Waals surface area contributed by atoms with Crippen LogP contribution in [0.3, 0.4) is 0 Å². The van der Waals surface area contributed by atoms with Crippen LogP contribution >= 0.6 is 23.1 Å². The Bertz CT molecular complexity index is 1400. The molecule has 4 aromatic rings. The van der Waals surface area contributed by atoms with Crippen molar-refractivity contribution >= 4 is 45.1 Å². The molecule has 166 valence electrons. The minimum absolute atomic E-state index is 0.0463. The van der Waals surface area contributed by atoms with Gasteiger partial charge in [0, 0.05) is 11.3 Å². The number of rotatable bonds is 5. The van der Waals surface area contributed by atoms with Crippen molar-refractivity contribution in [2.45, 2.75) is 45.1 Å². The van der Waals surface area contributed by atoms with Crippen molar-refractivity contribution in [3.05, 3.63) is 50.6 Å². The van der Waals surface area contributed by atoms with Gasteiger partial charge in [-0.15, -0.1) is 21.5 Å². The number of hydrogen-bond donors (Lipinski definition) is 1. The zero-order valence-corrected chi connectivity index (χ0v) is 19.5. The molecule has 3 aromatic heterocycles. The van der Waals surface area contributed by atoms with Crippen LogP contribution in [0.15, 0.2) is 34.2 Å². The van der Waals surface area contributed by atoms with Gasteiger partial charge in [-0.25, -0.2) is 8.97 Å². The van der Waals surface area contributed by atoms with E-state index >= 15 is 0 Å². The van der Waals surface area contributed by atoms with Gasteiger partial charge in [0.15, 0.2) is 5.16 Å². The normalized spacial score (nSPS) is 16.2. The molecule has 0 spiro atoms. The smallest absolute Gasteiger partial charge is 0.313 e. The van der Waals surface area contributed by atoms with Gasteiger partial charge in [0.05, 0.1) is 29.5 Å². The van der Waals surface area contributed by atoms with Crippen LogP contribution in [0.5, 0.6) is 0 Å². The second-order valence-electron chi connectivity index (χ2n) is 8.26. The van der Waals surface area contributed by atoms with Crippen LogP contribution in [0.1, 0.15) is 29.9 Å². The van der Waals surface area contributed by atoms with E-state index in [2.05, 4.69) is 24.0 Å². The summed E-state index contributed by atoms with van der Waals surface area (Å²) >= 11 is 2.59. The Morgan fingerprint density at radius 2 is 2.06 bits per heavy atom. The lowest BCUT2D eigenvalue weighted by Gasteiger charge is -2.26. The zero-order chi connectivity index (χ0) is 22.6. The van der Waals surface area contributed by atoms with Gasteiger partial charge in [0.2, 0.25) is 5.78 Å². The molecule has 0 unspecified atom stereocenters. The van der Waals surface area contributed by atoms with E-state index in [1.54, 1.807) is 4.57 Å². The molecular weight excluding hydrogens is 448 g/mol. The van der Waals surface area contributed by atoms with Gasteiger partial charge in [-0.05, 0) is 30.5 Å². The Morgan fingerprint density at radius 3 is 2.75 bits per heavy atom. The van der Waals surface area contributed by atoms with Gasteiger partial charge < -0.3 is 9.84 Å². The summed E-state index contributed by atoms with van der Waals surface area (Å²) in [5.41, 5.74) is 2.66. The van der Waals surface area contributed by atoms with Crippen molar-refractivity contribution in [3.63, 3.8) is 0 Å². The average Bonchev–Trinajstić information content (AvgIpc) is 3.34. The van der Waals surface area contributed by atoms with Gasteiger partial charge in [-0.2, -0.15) is 0 Å². The molecule has 1 atom stereocenters. The van der Waals surface area contributed by atoms with E-state index in [-0.39, 0.29) is 17.4 Å². The van der Waals surface area contributed by atoms with Gasteiger partial charge in [0.1, 0.15) is 4.83 Å². The Balaban J connectivity index is 1.83. The number of hydrogen-bond acceptors (Lipinski definition) is 7. The predicted molar refractivity (Wildman–Crippen MR) is 124 cm³/mol. The summed E-state index contributed by atoms with van der Waals surface area (Å²) in [5, 5.41) is 18.8. The largest absolute Gasteiger partial charge is 0.481 e. The number of aryl methyl sites for hydroxylation is 1. The van der Waals surface area contributed by atoms with Crippen molar-refractivity contribution < 1.29 is 14.6 Å². The number of carbonyl (C=O) groups is 1. The third kappa shape index (κ3) is 3.42. The molecule has 4 heterocycles. The molecule has 0 bridgehead atoms. The summed E-state index contributed by atoms with van der Waals surface area (Å²) in [7, 11) is 0. The third-order valence-electron chi connectivity index (χ3n) is 5.70. The molecule has 8 nitrogen and oxygen atoms in total. The summed E-state index contributed by atoms with van der Waals surface area (Å²) < 4.78 is 9.44. The highest BCUT2D eigenvalue weighted by Gasteiger charge is 2.30. The SMILES string of the molecule is Cc1ccc(-n2c(=O)c3c4c(sc3n3c(SCC(=O)O)nnc23)CO[C@@H](C(C)C)C4)cc1. The molecule has 0 fully saturated rings. The quantitative estimate of drug-likeness (QED) is 0.444. The number of fused-ring (bicyclic) bond motifs is 5. The van der Waals surface area contributed by atoms with Crippen LogP contribution in [-0.2, 0) is 22.6 Å². The number of carboxylic acid groups (broad SMARTS) is 1. The number of nitrogens with zero attached hydrogens (tertiary/aromatic N) is 4. The number of thioether (sulfide) groups is 1. The van der Waals surface area contributed by atoms with Crippen molar-refractivity contribution in [1.82, 2.24) is 19.2 Å². The summed E-state index contributed by atoms with van der Waals surface area (Å²) in [6, 6.07) is 7.68. The minimum Gasteiger partial charge on any atom is -0.481 e. The summed E-state index contributed by atoms with van der Waals surface area (Å²) in [5.74, 6) is -0.374. The average molecular weight is 471 g/mol. The van der Waals surface area contributed by atoms with E-state index in [9.17, 15) is 9.59 Å². The van der Waals surface area contributed by atoms with E-state index in [0.717, 1.165) is 32.6 Å². The first-order valence-electron chi connectivity index (χ1n) is 10.3. The van der Waals surface area contributed by atoms with Crippen molar-refractivity contribution in [2.75, 3.05) is 5.75 Å². The number of thiophene rings is 1. The van der Waals surface area contributed by atoms with Crippen molar-refractivity contribution in [1.29, 1.82) is 0 Å². The van der Waals surface area contributed by atoms with E-state index in [1.165, 1.54) is 11.3 Å². The van der Waals surface area contributed by atoms with Crippen LogP contribution in [0.25, 0.3) is 21.7 Å². The number of aliphatic carboxylic acids is 1. The lowest BCUT2D eigenvalue weighted by Crippen LogP contribution is -2.28. The first-order chi connectivity index (χ1) is 15.3. The molecule has 32 heavy (non-hydrogen) atoms. The van der Waals surface area contributed by atoms with Crippen LogP contribution in [0, 0.1) is 12.8 Å². The maximum atomic E-state index is 13.9. The Kier molecular flexibility index (Phi) is 5.31. The maximum Gasteiger partial charge on any atom is 0.313 e. The fraction of sp³-hybridized carbons (Fsp3) is 0.364. The number of benzene rings is 1. The standard InChI is InChI=1S/C22H22N4O4S2/c1-11(2)15-8-14-16(9-30-15)32-20-18(14)19(29)25(13-6-4-12(3)5-7-13)21-23-24-22(26(20)21)31-10-17(27)28/h4-7,11,15H,8-10H2,1-3H3,(H,27,28)/t15-/m1/s1. The molecule has 1 N–H and O–H groups in total. The lowest BCUT2D eigenvalue weighted by atomic mass is 9.96. The highest BCUT2D eigenvalue weighted by Crippen LogP contribution is 2.37. The fourth-order valence-electron chi connectivity index (χ4n) is 4.01. The van der Waals surface area contributed by atoms with Crippen LogP contribution in [0.4, 0.5) is 0 Å². The van der Waals surface area contributed by atoms with Crippen LogP contribution in [-0.4, -0.2) is 42.1 Å². The maximum absolute atomic E-state index is 13.9. The minimum atomic E-state index is -0.937. The van der Waals surface area contributed by atoms with Crippen LogP contribution in [0.2, 0.25) is 0 Å². The molecule has 10 heteroatoms. The second-order valence-corrected chi connectivity index (χ2v) is 10.3. The van der Waals surface area contributed by atoms with E-state index in [0.29, 0.717) is 41.0 Å². The summed E-state index contributed by atoms with van der Waals surface area (Å²) in [6.07, 6.45) is 0.714. The molecule has 0 aliphatic carbocycles. The number of ether oxygens (including phenoxy) is 1. The van der Waals surface area contributed by atoms with E-state index in [1.807, 2.05) is 35.6 Å². The monoisotopic (exact) mass is 470 g/mol. The fourth-order valence-corrected chi connectivity index (χ4v) is 5.96. The molecule has 1 aromatic carbocycles. The van der Waals surface area contributed by atoms with Crippen molar-refractivity contribution in [3.8, 4) is 5.69 Å². The van der Waals surface area contributed by atoms with Crippen LogP contribution < -0.4 is 5.56 Å². The molecule has 0 saturated carbocycles. The summed E-state index contributed by atoms with van der Waals surface area (Å²) in [4.78, 5) is 26.8. The van der Waals surface area contributed by atoms with Gasteiger partial charge >= 0.3 is 5.97 Å². The van der Waals surface area contributed by atoms with Crippen molar-refractivity contribution in [2.24, 2.45) is 5.92 Å². The highest BCUT2D eigenvalue weighted by atomic mass is 32.2. The molecule has 0 saturated heterocycles. The number of carboxylic acids is 1. The molecular formula is C22H22N4O4S2. The highest BCUT2D eigenvalue weighted by molar-refractivity contribution is 7.99. The van der Waals surface area contributed by atoms with Gasteiger partial charge in [-0.3, -0.25) is 9.59 Å². The topological polar surface area (TPSA) is 98.7 Å². The Hall–Kier alpha value is -2.69. The zero-order valence-electron chi connectivity index (χ0n) is 17.9. The second kappa shape index (κ2) is 8.02. The van der Waals surface area contributed by atoms with Gasteiger partial charge in [0.25, 0.3) is 5.56 Å². The van der Waals surface area contributed by atoms with E-state index < -0.39 is 5.97 Å². The Labute approximate surface area is 191 Å². The third-order valence-corrected chi connectivity index (χ3v) is 7.81. The lowest BCUT2D eigenvalue weighted by molar-refractivity contribution is -0.133. The molecule has 1 aliphatic heterocycles. The first-order valence-corrected chi connectivity index (χ1v) is 12.1. The summed E-state index contributed by atoms with van der Waals surface area (Å²) in [6.45, 7) is 6.69. The molecule has 1 aliphatic rings. The molecule has 0 radical (unpaired) electrons. The molecule has 5 rings (SSSR count).